The van der Waals surface area contributed by atoms with Gasteiger partial charge in [0.25, 0.3) is 0 Å². The van der Waals surface area contributed by atoms with E-state index in [1.807, 2.05) is 26.8 Å². The van der Waals surface area contributed by atoms with Crippen LogP contribution < -0.4 is 0 Å². The number of hydrogen-bond acceptors (Lipinski definition) is 1. The van der Waals surface area contributed by atoms with Crippen molar-refractivity contribution < 1.29 is 9.50 Å². The van der Waals surface area contributed by atoms with Gasteiger partial charge in [0.2, 0.25) is 0 Å². The van der Waals surface area contributed by atoms with Gasteiger partial charge in [-0.1, -0.05) is 32.4 Å². The molecule has 0 radical (unpaired) electrons. The van der Waals surface area contributed by atoms with Crippen LogP contribution in [0.1, 0.15) is 51.2 Å². The van der Waals surface area contributed by atoms with E-state index in [9.17, 15) is 9.50 Å². The quantitative estimate of drug-likeness (QED) is 0.781. The second-order valence-electron chi connectivity index (χ2n) is 6.18. The molecular weight excluding hydrogens is 239 g/mol. The normalized spacial score (nSPS) is 28.2. The lowest BCUT2D eigenvalue weighted by atomic mass is 9.84. The van der Waals surface area contributed by atoms with Crippen LogP contribution in [0.4, 0.5) is 4.39 Å². The molecule has 3 heteroatoms. The van der Waals surface area contributed by atoms with E-state index in [0.717, 1.165) is 11.1 Å². The van der Waals surface area contributed by atoms with E-state index in [4.69, 9.17) is 11.6 Å². The Kier molecular flexibility index (Phi) is 2.70. The molecule has 1 fully saturated rings. The maximum atomic E-state index is 13.7. The van der Waals surface area contributed by atoms with Gasteiger partial charge in [-0.2, -0.15) is 0 Å². The van der Waals surface area contributed by atoms with Crippen molar-refractivity contribution in [1.82, 2.24) is 0 Å². The van der Waals surface area contributed by atoms with Crippen LogP contribution in [0.25, 0.3) is 0 Å². The molecule has 0 aromatic heterocycles. The lowest BCUT2D eigenvalue weighted by Crippen LogP contribution is -2.12. The molecular formula is C14H18ClFO. The Labute approximate surface area is 107 Å². The number of phenolic OH excluding ortho intramolecular Hbond substituents is 1. The Morgan fingerprint density at radius 1 is 1.41 bits per heavy atom. The Morgan fingerprint density at radius 2 is 1.94 bits per heavy atom. The summed E-state index contributed by atoms with van der Waals surface area (Å²) >= 11 is 6.09. The van der Waals surface area contributed by atoms with Gasteiger partial charge in [0.05, 0.1) is 0 Å². The zero-order valence-corrected chi connectivity index (χ0v) is 11.4. The van der Waals surface area contributed by atoms with Crippen molar-refractivity contribution in [2.24, 2.45) is 0 Å². The number of rotatable bonds is 1. The van der Waals surface area contributed by atoms with Gasteiger partial charge >= 0.3 is 0 Å². The molecule has 0 aliphatic heterocycles. The van der Waals surface area contributed by atoms with Crippen molar-refractivity contribution in [2.45, 2.75) is 51.1 Å². The Bertz CT molecular complexity index is 460. The minimum Gasteiger partial charge on any atom is -0.508 e. The van der Waals surface area contributed by atoms with Crippen LogP contribution in [0.15, 0.2) is 12.1 Å². The maximum Gasteiger partial charge on any atom is 0.120 e. The van der Waals surface area contributed by atoms with Crippen LogP contribution in [-0.2, 0) is 5.41 Å². The number of hydrogen-bond donors (Lipinski definition) is 1. The molecule has 1 aliphatic rings. The maximum absolute atomic E-state index is 13.7. The van der Waals surface area contributed by atoms with Gasteiger partial charge in [-0.3, -0.25) is 0 Å². The van der Waals surface area contributed by atoms with Crippen LogP contribution >= 0.6 is 11.6 Å². The first-order chi connectivity index (χ1) is 7.63. The molecule has 0 saturated heterocycles. The van der Waals surface area contributed by atoms with Crippen molar-refractivity contribution in [3.63, 3.8) is 0 Å². The second-order valence-corrected chi connectivity index (χ2v) is 6.58. The van der Waals surface area contributed by atoms with Crippen LogP contribution in [0.3, 0.4) is 0 Å². The van der Waals surface area contributed by atoms with Crippen molar-refractivity contribution in [3.8, 4) is 5.75 Å². The van der Waals surface area contributed by atoms with E-state index < -0.39 is 5.67 Å². The van der Waals surface area contributed by atoms with E-state index in [1.54, 1.807) is 6.92 Å². The van der Waals surface area contributed by atoms with Crippen molar-refractivity contribution in [2.75, 3.05) is 0 Å². The molecule has 2 unspecified atom stereocenters. The predicted octanol–water partition coefficient (Wildman–Crippen LogP) is 4.56. The van der Waals surface area contributed by atoms with E-state index in [2.05, 4.69) is 0 Å². The molecule has 1 nitrogen and oxygen atoms in total. The highest BCUT2D eigenvalue weighted by atomic mass is 35.5. The van der Waals surface area contributed by atoms with Gasteiger partial charge in [0.15, 0.2) is 0 Å². The molecule has 17 heavy (non-hydrogen) atoms. The molecule has 1 aliphatic carbocycles. The van der Waals surface area contributed by atoms with Gasteiger partial charge in [-0.25, -0.2) is 4.39 Å². The molecule has 1 aromatic rings. The first-order valence-corrected chi connectivity index (χ1v) is 6.22. The summed E-state index contributed by atoms with van der Waals surface area (Å²) in [5, 5.41) is 10.4. The molecule has 2 atom stereocenters. The molecule has 0 bridgehead atoms. The summed E-state index contributed by atoms with van der Waals surface area (Å²) in [5.74, 6) is 0.0594. The Morgan fingerprint density at radius 3 is 2.35 bits per heavy atom. The lowest BCUT2D eigenvalue weighted by molar-refractivity contribution is 0.328. The fraction of sp³-hybridized carbons (Fsp3) is 0.571. The van der Waals surface area contributed by atoms with Crippen LogP contribution in [0.5, 0.6) is 5.75 Å². The molecule has 0 amide bonds. The van der Waals surface area contributed by atoms with E-state index in [-0.39, 0.29) is 17.1 Å². The van der Waals surface area contributed by atoms with Crippen molar-refractivity contribution in [3.05, 3.63) is 28.3 Å². The third-order valence-electron chi connectivity index (χ3n) is 3.47. The summed E-state index contributed by atoms with van der Waals surface area (Å²) in [5.41, 5.74) is 0.319. The SMILES string of the molecule is CC(C)(C)c1cc(C2CC2(C)F)c(Cl)cc1O. The summed E-state index contributed by atoms with van der Waals surface area (Å²) < 4.78 is 13.7. The largest absolute Gasteiger partial charge is 0.508 e. The number of halogens is 2. The smallest absolute Gasteiger partial charge is 0.120 e. The molecule has 1 saturated carbocycles. The third kappa shape index (κ3) is 2.28. The summed E-state index contributed by atoms with van der Waals surface area (Å²) in [7, 11) is 0. The first-order valence-electron chi connectivity index (χ1n) is 5.85. The summed E-state index contributed by atoms with van der Waals surface area (Å²) in [6.07, 6.45) is 0.515. The van der Waals surface area contributed by atoms with Gasteiger partial charge in [0.1, 0.15) is 11.4 Å². The van der Waals surface area contributed by atoms with Gasteiger partial charge in [-0.15, -0.1) is 0 Å². The number of aromatic hydroxyl groups is 1. The summed E-state index contributed by atoms with van der Waals surface area (Å²) in [6.45, 7) is 7.64. The minimum atomic E-state index is -1.14. The monoisotopic (exact) mass is 256 g/mol. The summed E-state index contributed by atoms with van der Waals surface area (Å²) in [4.78, 5) is 0. The second kappa shape index (κ2) is 3.61. The topological polar surface area (TPSA) is 20.2 Å². The molecule has 1 N–H and O–H groups in total. The molecule has 0 heterocycles. The van der Waals surface area contributed by atoms with Crippen LogP contribution in [0, 0.1) is 0 Å². The molecule has 2 rings (SSSR count). The highest BCUT2D eigenvalue weighted by Gasteiger charge is 2.52. The van der Waals surface area contributed by atoms with E-state index in [0.29, 0.717) is 11.4 Å². The number of alkyl halides is 1. The average Bonchev–Trinajstić information content (AvgIpc) is 2.72. The zero-order chi connectivity index (χ0) is 13.0. The van der Waals surface area contributed by atoms with E-state index >= 15 is 0 Å². The lowest BCUT2D eigenvalue weighted by Gasteiger charge is -2.22. The van der Waals surface area contributed by atoms with Crippen molar-refractivity contribution >= 4 is 11.6 Å². The summed E-state index contributed by atoms with van der Waals surface area (Å²) in [6, 6.07) is 3.39. The standard InChI is InChI=1S/C14H18ClFO/c1-13(2,3)9-5-8(10-7-14(10,4)16)11(15)6-12(9)17/h5-6,10,17H,7H2,1-4H3. The molecule has 0 spiro atoms. The van der Waals surface area contributed by atoms with E-state index in [1.165, 1.54) is 6.07 Å². The Balaban J connectivity index is 2.48. The number of phenols is 1. The molecule has 94 valence electrons. The number of benzene rings is 1. The highest BCUT2D eigenvalue weighted by molar-refractivity contribution is 6.31. The fourth-order valence-corrected chi connectivity index (χ4v) is 2.51. The van der Waals surface area contributed by atoms with Crippen LogP contribution in [-0.4, -0.2) is 10.8 Å². The fourth-order valence-electron chi connectivity index (χ4n) is 2.22. The minimum absolute atomic E-state index is 0.128. The Hall–Kier alpha value is -0.760. The third-order valence-corrected chi connectivity index (χ3v) is 3.80. The van der Waals surface area contributed by atoms with Gasteiger partial charge < -0.3 is 5.11 Å². The van der Waals surface area contributed by atoms with Crippen molar-refractivity contribution in [1.29, 1.82) is 0 Å². The van der Waals surface area contributed by atoms with Gasteiger partial charge in [-0.05, 0) is 42.0 Å². The first kappa shape index (κ1) is 12.7. The van der Waals surface area contributed by atoms with Crippen LogP contribution in [0.2, 0.25) is 5.02 Å². The molecule has 1 aromatic carbocycles. The predicted molar refractivity (Wildman–Crippen MR) is 68.7 cm³/mol. The zero-order valence-electron chi connectivity index (χ0n) is 10.6. The highest BCUT2D eigenvalue weighted by Crippen LogP contribution is 2.56. The average molecular weight is 257 g/mol. The van der Waals surface area contributed by atoms with Gasteiger partial charge in [0, 0.05) is 10.9 Å².